The summed E-state index contributed by atoms with van der Waals surface area (Å²) >= 11 is 0. The molecule has 2 unspecified atom stereocenters. The van der Waals surface area contributed by atoms with Crippen LogP contribution >= 0.6 is 0 Å². The first-order chi connectivity index (χ1) is 8.98. The van der Waals surface area contributed by atoms with Gasteiger partial charge in [0, 0.05) is 18.1 Å². The predicted octanol–water partition coefficient (Wildman–Crippen LogP) is 2.23. The average molecular weight is 268 g/mol. The number of aliphatic carboxylic acids is 1. The lowest BCUT2D eigenvalue weighted by molar-refractivity contribution is -0.145. The SMILES string of the molecule is CCCN(C1CC1)C1CCC(NC(C)C)(C(=O)O)C1. The van der Waals surface area contributed by atoms with E-state index in [1.807, 2.05) is 13.8 Å². The molecule has 2 aliphatic carbocycles. The zero-order chi connectivity index (χ0) is 14.0. The lowest BCUT2D eigenvalue weighted by atomic mass is 9.96. The highest BCUT2D eigenvalue weighted by molar-refractivity contribution is 5.79. The van der Waals surface area contributed by atoms with Gasteiger partial charge in [-0.15, -0.1) is 0 Å². The summed E-state index contributed by atoms with van der Waals surface area (Å²) in [7, 11) is 0. The number of carboxylic acid groups (broad SMARTS) is 1. The Kier molecular flexibility index (Phi) is 4.51. The maximum absolute atomic E-state index is 11.7. The molecule has 2 fully saturated rings. The maximum atomic E-state index is 11.7. The molecule has 0 aromatic rings. The van der Waals surface area contributed by atoms with E-state index in [1.54, 1.807) is 0 Å². The minimum atomic E-state index is -0.695. The van der Waals surface area contributed by atoms with E-state index in [-0.39, 0.29) is 6.04 Å². The molecule has 0 aromatic carbocycles. The van der Waals surface area contributed by atoms with Gasteiger partial charge < -0.3 is 5.11 Å². The predicted molar refractivity (Wildman–Crippen MR) is 76.3 cm³/mol. The van der Waals surface area contributed by atoms with Gasteiger partial charge >= 0.3 is 5.97 Å². The highest BCUT2D eigenvalue weighted by atomic mass is 16.4. The van der Waals surface area contributed by atoms with Crippen LogP contribution in [0.25, 0.3) is 0 Å². The third kappa shape index (κ3) is 3.29. The maximum Gasteiger partial charge on any atom is 0.323 e. The molecule has 2 aliphatic rings. The highest BCUT2D eigenvalue weighted by Gasteiger charge is 2.48. The Bertz CT molecular complexity index is 328. The van der Waals surface area contributed by atoms with Gasteiger partial charge in [-0.3, -0.25) is 15.0 Å². The van der Waals surface area contributed by atoms with Crippen molar-refractivity contribution in [2.75, 3.05) is 6.54 Å². The van der Waals surface area contributed by atoms with Crippen LogP contribution in [0.4, 0.5) is 0 Å². The number of carbonyl (C=O) groups is 1. The molecule has 4 heteroatoms. The van der Waals surface area contributed by atoms with Crippen LogP contribution in [0, 0.1) is 0 Å². The highest BCUT2D eigenvalue weighted by Crippen LogP contribution is 2.39. The molecular formula is C15H28N2O2. The van der Waals surface area contributed by atoms with Crippen LogP contribution in [0.5, 0.6) is 0 Å². The van der Waals surface area contributed by atoms with Crippen molar-refractivity contribution < 1.29 is 9.90 Å². The second-order valence-corrected chi connectivity index (χ2v) is 6.55. The molecular weight excluding hydrogens is 240 g/mol. The van der Waals surface area contributed by atoms with Gasteiger partial charge in [-0.1, -0.05) is 6.92 Å². The second kappa shape index (κ2) is 5.80. The summed E-state index contributed by atoms with van der Waals surface area (Å²) in [6, 6.07) is 1.40. The molecule has 0 amide bonds. The minimum absolute atomic E-state index is 0.218. The molecule has 2 rings (SSSR count). The van der Waals surface area contributed by atoms with E-state index >= 15 is 0 Å². The lowest BCUT2D eigenvalue weighted by Crippen LogP contribution is -2.54. The number of nitrogens with one attached hydrogen (secondary N) is 1. The van der Waals surface area contributed by atoms with Gasteiger partial charge in [-0.05, 0) is 58.9 Å². The summed E-state index contributed by atoms with van der Waals surface area (Å²) in [5.41, 5.74) is -0.695. The van der Waals surface area contributed by atoms with Crippen LogP contribution in [0.2, 0.25) is 0 Å². The Morgan fingerprint density at radius 1 is 1.37 bits per heavy atom. The molecule has 4 nitrogen and oxygen atoms in total. The Balaban J connectivity index is 2.04. The van der Waals surface area contributed by atoms with E-state index in [9.17, 15) is 9.90 Å². The summed E-state index contributed by atoms with van der Waals surface area (Å²) in [6.07, 6.45) is 6.30. The topological polar surface area (TPSA) is 52.6 Å². The quantitative estimate of drug-likeness (QED) is 0.743. The fraction of sp³-hybridized carbons (Fsp3) is 0.933. The smallest absolute Gasteiger partial charge is 0.323 e. The van der Waals surface area contributed by atoms with Crippen molar-refractivity contribution in [1.82, 2.24) is 10.2 Å². The lowest BCUT2D eigenvalue weighted by Gasteiger charge is -2.32. The Morgan fingerprint density at radius 2 is 2.05 bits per heavy atom. The molecule has 2 N–H and O–H groups in total. The summed E-state index contributed by atoms with van der Waals surface area (Å²) in [4.78, 5) is 14.3. The van der Waals surface area contributed by atoms with Gasteiger partial charge in [-0.2, -0.15) is 0 Å². The number of nitrogens with zero attached hydrogens (tertiary/aromatic N) is 1. The van der Waals surface area contributed by atoms with Crippen LogP contribution < -0.4 is 5.32 Å². The van der Waals surface area contributed by atoms with E-state index in [1.165, 1.54) is 12.8 Å². The molecule has 0 saturated heterocycles. The van der Waals surface area contributed by atoms with Crippen LogP contribution in [-0.2, 0) is 4.79 Å². The standard InChI is InChI=1S/C15H28N2O2/c1-4-9-17(12-5-6-12)13-7-8-15(10-13,14(18)19)16-11(2)3/h11-13,16H,4-10H2,1-3H3,(H,18,19). The van der Waals surface area contributed by atoms with Gasteiger partial charge in [0.25, 0.3) is 0 Å². The van der Waals surface area contributed by atoms with E-state index in [4.69, 9.17) is 0 Å². The third-order valence-corrected chi connectivity index (χ3v) is 4.43. The molecule has 0 radical (unpaired) electrons. The van der Waals surface area contributed by atoms with Crippen LogP contribution in [0.15, 0.2) is 0 Å². The van der Waals surface area contributed by atoms with Crippen molar-refractivity contribution in [3.8, 4) is 0 Å². The molecule has 2 atom stereocenters. The Labute approximate surface area is 116 Å². The number of hydrogen-bond donors (Lipinski definition) is 2. The molecule has 2 saturated carbocycles. The second-order valence-electron chi connectivity index (χ2n) is 6.55. The van der Waals surface area contributed by atoms with Crippen LogP contribution in [0.1, 0.15) is 59.3 Å². The Morgan fingerprint density at radius 3 is 2.53 bits per heavy atom. The van der Waals surface area contributed by atoms with Gasteiger partial charge in [-0.25, -0.2) is 0 Å². The normalized spacial score (nSPS) is 31.3. The average Bonchev–Trinajstić information content (AvgIpc) is 3.07. The fourth-order valence-corrected chi connectivity index (χ4v) is 3.57. The molecule has 0 spiro atoms. The number of rotatable bonds is 7. The van der Waals surface area contributed by atoms with Crippen LogP contribution in [0.3, 0.4) is 0 Å². The summed E-state index contributed by atoms with van der Waals surface area (Å²) in [5.74, 6) is -0.670. The monoisotopic (exact) mass is 268 g/mol. The van der Waals surface area contributed by atoms with Crippen molar-refractivity contribution in [3.63, 3.8) is 0 Å². The van der Waals surface area contributed by atoms with Gasteiger partial charge in [0.1, 0.15) is 5.54 Å². The summed E-state index contributed by atoms with van der Waals surface area (Å²) in [6.45, 7) is 7.39. The van der Waals surface area contributed by atoms with Crippen molar-refractivity contribution in [2.24, 2.45) is 0 Å². The molecule has 0 aromatic heterocycles. The molecule has 110 valence electrons. The van der Waals surface area contributed by atoms with Crippen molar-refractivity contribution in [3.05, 3.63) is 0 Å². The van der Waals surface area contributed by atoms with E-state index in [0.29, 0.717) is 6.04 Å². The van der Waals surface area contributed by atoms with Crippen LogP contribution in [-0.4, -0.2) is 46.2 Å². The zero-order valence-electron chi connectivity index (χ0n) is 12.5. The van der Waals surface area contributed by atoms with Gasteiger partial charge in [0.05, 0.1) is 0 Å². The first kappa shape index (κ1) is 14.8. The number of hydrogen-bond acceptors (Lipinski definition) is 3. The molecule has 0 bridgehead atoms. The van der Waals surface area contributed by atoms with Crippen molar-refractivity contribution in [1.29, 1.82) is 0 Å². The van der Waals surface area contributed by atoms with E-state index < -0.39 is 11.5 Å². The number of carboxylic acids is 1. The van der Waals surface area contributed by atoms with E-state index in [2.05, 4.69) is 17.1 Å². The molecule has 19 heavy (non-hydrogen) atoms. The first-order valence-electron chi connectivity index (χ1n) is 7.75. The Hall–Kier alpha value is -0.610. The zero-order valence-corrected chi connectivity index (χ0v) is 12.5. The molecule has 0 aliphatic heterocycles. The third-order valence-electron chi connectivity index (χ3n) is 4.43. The minimum Gasteiger partial charge on any atom is -0.480 e. The largest absolute Gasteiger partial charge is 0.480 e. The van der Waals surface area contributed by atoms with Gasteiger partial charge in [0.2, 0.25) is 0 Å². The van der Waals surface area contributed by atoms with Gasteiger partial charge in [0.15, 0.2) is 0 Å². The summed E-state index contributed by atoms with van der Waals surface area (Å²) in [5, 5.41) is 12.9. The fourth-order valence-electron chi connectivity index (χ4n) is 3.57. The van der Waals surface area contributed by atoms with Crippen molar-refractivity contribution in [2.45, 2.75) is 83.0 Å². The summed E-state index contributed by atoms with van der Waals surface area (Å²) < 4.78 is 0. The van der Waals surface area contributed by atoms with Crippen molar-refractivity contribution >= 4 is 5.97 Å². The first-order valence-corrected chi connectivity index (χ1v) is 7.75. The molecule has 0 heterocycles. The van der Waals surface area contributed by atoms with E-state index in [0.717, 1.165) is 38.3 Å².